The molecule has 6 nitrogen and oxygen atoms in total. The zero-order valence-corrected chi connectivity index (χ0v) is 18.3. The molecule has 0 aliphatic carbocycles. The fourth-order valence-electron chi connectivity index (χ4n) is 3.83. The van der Waals surface area contributed by atoms with Crippen LogP contribution >= 0.6 is 0 Å². The number of nitrogens with one attached hydrogen (secondary N) is 1. The van der Waals surface area contributed by atoms with E-state index in [2.05, 4.69) is 28.4 Å². The number of ether oxygens (including phenoxy) is 2. The molecule has 0 radical (unpaired) electrons. The number of nitrogens with zero attached hydrogens (tertiary/aromatic N) is 2. The highest BCUT2D eigenvalue weighted by Crippen LogP contribution is 2.16. The number of carbonyl (C=O) groups excluding carboxylic acids is 1. The molecule has 1 saturated heterocycles. The van der Waals surface area contributed by atoms with Crippen molar-refractivity contribution in [2.24, 2.45) is 0 Å². The van der Waals surface area contributed by atoms with Gasteiger partial charge in [0.2, 0.25) is 0 Å². The molecule has 3 rings (SSSR count). The highest BCUT2D eigenvalue weighted by molar-refractivity contribution is 5.74. The largest absolute Gasteiger partial charge is 0.497 e. The van der Waals surface area contributed by atoms with Gasteiger partial charge in [-0.2, -0.15) is 0 Å². The smallest absolute Gasteiger partial charge is 0.317 e. The summed E-state index contributed by atoms with van der Waals surface area (Å²) in [6.07, 6.45) is 1.76. The summed E-state index contributed by atoms with van der Waals surface area (Å²) in [4.78, 5) is 17.1. The Labute approximate surface area is 179 Å². The molecule has 1 heterocycles. The molecule has 30 heavy (non-hydrogen) atoms. The van der Waals surface area contributed by atoms with Crippen LogP contribution in [-0.2, 0) is 13.0 Å². The number of hydrogen-bond acceptors (Lipinski definition) is 4. The summed E-state index contributed by atoms with van der Waals surface area (Å²) < 4.78 is 10.5. The Morgan fingerprint density at radius 3 is 2.47 bits per heavy atom. The van der Waals surface area contributed by atoms with Crippen LogP contribution in [0.2, 0.25) is 0 Å². The van der Waals surface area contributed by atoms with Crippen LogP contribution < -0.4 is 14.8 Å². The van der Waals surface area contributed by atoms with Crippen molar-refractivity contribution in [3.8, 4) is 11.5 Å². The van der Waals surface area contributed by atoms with E-state index in [0.717, 1.165) is 62.6 Å². The molecule has 0 spiro atoms. The number of methoxy groups -OCH3 is 2. The van der Waals surface area contributed by atoms with Gasteiger partial charge in [0.1, 0.15) is 11.5 Å². The molecule has 1 aliphatic rings. The normalized spacial score (nSPS) is 15.9. The summed E-state index contributed by atoms with van der Waals surface area (Å²) in [5, 5.41) is 3.15. The SMILES string of the molecule is COc1ccc(CN2CCCN(C(=O)NC(C)Cc3cccc(OC)c3)CC2)cc1. The number of hydrogen-bond donors (Lipinski definition) is 1. The molecular formula is C24H33N3O3. The molecule has 0 saturated carbocycles. The van der Waals surface area contributed by atoms with Gasteiger partial charge in [-0.05, 0) is 55.2 Å². The van der Waals surface area contributed by atoms with Crippen molar-refractivity contribution < 1.29 is 14.3 Å². The van der Waals surface area contributed by atoms with E-state index in [0.29, 0.717) is 0 Å². The lowest BCUT2D eigenvalue weighted by molar-refractivity contribution is 0.194. The summed E-state index contributed by atoms with van der Waals surface area (Å²) in [7, 11) is 3.35. The van der Waals surface area contributed by atoms with E-state index in [9.17, 15) is 4.79 Å². The molecule has 1 aliphatic heterocycles. The maximum atomic E-state index is 12.8. The van der Waals surface area contributed by atoms with Crippen molar-refractivity contribution in [3.05, 3.63) is 59.7 Å². The molecule has 1 atom stereocenters. The average Bonchev–Trinajstić information content (AvgIpc) is 3.00. The monoisotopic (exact) mass is 411 g/mol. The molecule has 0 bridgehead atoms. The average molecular weight is 412 g/mol. The molecule has 1 N–H and O–H groups in total. The van der Waals surface area contributed by atoms with Crippen molar-refractivity contribution in [2.75, 3.05) is 40.4 Å². The second-order valence-electron chi connectivity index (χ2n) is 7.87. The minimum atomic E-state index is 0.0247. The van der Waals surface area contributed by atoms with Gasteiger partial charge in [-0.3, -0.25) is 4.90 Å². The Bertz CT molecular complexity index is 810. The molecule has 2 aromatic carbocycles. The van der Waals surface area contributed by atoms with Gasteiger partial charge < -0.3 is 19.7 Å². The highest BCUT2D eigenvalue weighted by Gasteiger charge is 2.20. The molecule has 2 aromatic rings. The topological polar surface area (TPSA) is 54.0 Å². The van der Waals surface area contributed by atoms with E-state index in [-0.39, 0.29) is 12.1 Å². The van der Waals surface area contributed by atoms with Crippen molar-refractivity contribution in [2.45, 2.75) is 32.4 Å². The molecule has 162 valence electrons. The number of benzene rings is 2. The Morgan fingerprint density at radius 1 is 0.967 bits per heavy atom. The van der Waals surface area contributed by atoms with Crippen LogP contribution in [0.25, 0.3) is 0 Å². The zero-order valence-electron chi connectivity index (χ0n) is 18.3. The van der Waals surface area contributed by atoms with Crippen molar-refractivity contribution in [1.82, 2.24) is 15.1 Å². The Hall–Kier alpha value is -2.73. The Balaban J connectivity index is 1.47. The van der Waals surface area contributed by atoms with Crippen LogP contribution in [0, 0.1) is 0 Å². The van der Waals surface area contributed by atoms with Gasteiger partial charge in [0.15, 0.2) is 0 Å². The second-order valence-corrected chi connectivity index (χ2v) is 7.87. The predicted molar refractivity (Wildman–Crippen MR) is 119 cm³/mol. The van der Waals surface area contributed by atoms with E-state index in [1.807, 2.05) is 42.2 Å². The lowest BCUT2D eigenvalue weighted by Gasteiger charge is -2.24. The Kier molecular flexibility index (Phi) is 7.97. The van der Waals surface area contributed by atoms with Crippen LogP contribution in [0.3, 0.4) is 0 Å². The maximum absolute atomic E-state index is 12.8. The lowest BCUT2D eigenvalue weighted by Crippen LogP contribution is -2.45. The molecular weight excluding hydrogens is 378 g/mol. The Morgan fingerprint density at radius 2 is 1.73 bits per heavy atom. The molecule has 1 fully saturated rings. The third-order valence-corrected chi connectivity index (χ3v) is 5.49. The first-order chi connectivity index (χ1) is 14.6. The number of urea groups is 1. The van der Waals surface area contributed by atoms with E-state index in [1.54, 1.807) is 14.2 Å². The predicted octanol–water partition coefficient (Wildman–Crippen LogP) is 3.55. The van der Waals surface area contributed by atoms with Gasteiger partial charge in [0.05, 0.1) is 14.2 Å². The third kappa shape index (κ3) is 6.39. The number of rotatable bonds is 7. The van der Waals surface area contributed by atoms with Gasteiger partial charge in [-0.25, -0.2) is 4.79 Å². The van der Waals surface area contributed by atoms with Crippen molar-refractivity contribution in [1.29, 1.82) is 0 Å². The van der Waals surface area contributed by atoms with Crippen LogP contribution in [0.1, 0.15) is 24.5 Å². The summed E-state index contributed by atoms with van der Waals surface area (Å²) in [5.41, 5.74) is 2.42. The molecule has 2 amide bonds. The fourth-order valence-corrected chi connectivity index (χ4v) is 3.83. The first-order valence-electron chi connectivity index (χ1n) is 10.6. The summed E-state index contributed by atoms with van der Waals surface area (Å²) >= 11 is 0. The molecule has 0 aromatic heterocycles. The number of amides is 2. The summed E-state index contributed by atoms with van der Waals surface area (Å²) in [5.74, 6) is 1.72. The minimum Gasteiger partial charge on any atom is -0.497 e. The van der Waals surface area contributed by atoms with E-state index in [4.69, 9.17) is 9.47 Å². The number of carbonyl (C=O) groups is 1. The first kappa shape index (κ1) is 22.0. The zero-order chi connectivity index (χ0) is 21.3. The molecule has 6 heteroatoms. The minimum absolute atomic E-state index is 0.0247. The van der Waals surface area contributed by atoms with Gasteiger partial charge >= 0.3 is 6.03 Å². The van der Waals surface area contributed by atoms with Crippen LogP contribution in [-0.4, -0.2) is 62.3 Å². The summed E-state index contributed by atoms with van der Waals surface area (Å²) in [6, 6.07) is 16.3. The quantitative estimate of drug-likeness (QED) is 0.757. The van der Waals surface area contributed by atoms with E-state index < -0.39 is 0 Å². The second kappa shape index (κ2) is 10.9. The van der Waals surface area contributed by atoms with Gasteiger partial charge in [0.25, 0.3) is 0 Å². The van der Waals surface area contributed by atoms with Crippen LogP contribution in [0.4, 0.5) is 4.79 Å². The maximum Gasteiger partial charge on any atom is 0.317 e. The van der Waals surface area contributed by atoms with Gasteiger partial charge in [0, 0.05) is 38.8 Å². The summed E-state index contributed by atoms with van der Waals surface area (Å²) in [6.45, 7) is 6.35. The van der Waals surface area contributed by atoms with Crippen molar-refractivity contribution >= 4 is 6.03 Å². The molecule has 1 unspecified atom stereocenters. The van der Waals surface area contributed by atoms with Crippen LogP contribution in [0.15, 0.2) is 48.5 Å². The highest BCUT2D eigenvalue weighted by atomic mass is 16.5. The van der Waals surface area contributed by atoms with E-state index in [1.165, 1.54) is 5.56 Å². The lowest BCUT2D eigenvalue weighted by atomic mass is 10.1. The van der Waals surface area contributed by atoms with E-state index >= 15 is 0 Å². The van der Waals surface area contributed by atoms with Crippen molar-refractivity contribution in [3.63, 3.8) is 0 Å². The third-order valence-electron chi connectivity index (χ3n) is 5.49. The van der Waals surface area contributed by atoms with Crippen LogP contribution in [0.5, 0.6) is 11.5 Å². The van der Waals surface area contributed by atoms with Gasteiger partial charge in [-0.15, -0.1) is 0 Å². The first-order valence-corrected chi connectivity index (χ1v) is 10.6. The standard InChI is InChI=1S/C24H33N3O3/c1-19(16-21-6-4-7-23(17-21)30-3)25-24(28)27-13-5-12-26(14-15-27)18-20-8-10-22(29-2)11-9-20/h4,6-11,17,19H,5,12-16,18H2,1-3H3,(H,25,28). The van der Waals surface area contributed by atoms with Gasteiger partial charge in [-0.1, -0.05) is 24.3 Å². The fraction of sp³-hybridized carbons (Fsp3) is 0.458.